The molecular formula is C25H36CaN3O9PS. The van der Waals surface area contributed by atoms with Gasteiger partial charge in [0.15, 0.2) is 0 Å². The topological polar surface area (TPSA) is 178 Å². The Labute approximate surface area is 264 Å². The van der Waals surface area contributed by atoms with Gasteiger partial charge in [0.25, 0.3) is 0 Å². The Balaban J connectivity index is 0.00000560. The molecule has 0 spiro atoms. The number of sulfonamides is 1. The number of rotatable bonds is 13. The number of benzene rings is 2. The van der Waals surface area contributed by atoms with Gasteiger partial charge in [0.2, 0.25) is 10.0 Å². The number of nitrogens with zero attached hydrogens (tertiary/aromatic N) is 1. The Kier molecular flexibility index (Phi) is 13.8. The number of phosphoric acid groups is 1. The molecule has 3 rings (SSSR count). The number of nitrogen functional groups attached to an aromatic ring is 1. The molecule has 0 unspecified atom stereocenters. The zero-order chi connectivity index (χ0) is 28.6. The molecule has 2 radical (unpaired) electrons. The largest absolute Gasteiger partial charge is 0.469 e. The van der Waals surface area contributed by atoms with E-state index in [1.54, 1.807) is 30.3 Å². The van der Waals surface area contributed by atoms with Crippen LogP contribution in [-0.4, -0.2) is 111 Å². The second-order valence-corrected chi connectivity index (χ2v) is 12.9. The van der Waals surface area contributed by atoms with Crippen LogP contribution in [0.3, 0.4) is 0 Å². The van der Waals surface area contributed by atoms with Crippen LogP contribution in [0.2, 0.25) is 0 Å². The summed E-state index contributed by atoms with van der Waals surface area (Å²) in [5.41, 5.74) is 6.82. The van der Waals surface area contributed by atoms with Crippen molar-refractivity contribution >= 4 is 67.4 Å². The fraction of sp³-hybridized carbons (Fsp3) is 0.480. The summed E-state index contributed by atoms with van der Waals surface area (Å²) < 4.78 is 56.2. The van der Waals surface area contributed by atoms with E-state index >= 15 is 0 Å². The number of ether oxygens (including phenoxy) is 2. The summed E-state index contributed by atoms with van der Waals surface area (Å²) in [4.78, 5) is 32.3. The first-order valence-electron chi connectivity index (χ1n) is 12.5. The molecule has 15 heteroatoms. The Morgan fingerprint density at radius 3 is 2.35 bits per heavy atom. The van der Waals surface area contributed by atoms with Crippen LogP contribution >= 0.6 is 7.82 Å². The minimum Gasteiger partial charge on any atom is -0.444 e. The molecule has 0 aliphatic carbocycles. The first kappa shape index (κ1) is 34.9. The van der Waals surface area contributed by atoms with E-state index < -0.39 is 48.7 Å². The van der Waals surface area contributed by atoms with Crippen molar-refractivity contribution in [2.45, 2.75) is 49.8 Å². The average molecular weight is 626 g/mol. The third-order valence-electron chi connectivity index (χ3n) is 5.96. The molecular weight excluding hydrogens is 589 g/mol. The summed E-state index contributed by atoms with van der Waals surface area (Å²) in [6, 6.07) is 13.5. The standard InChI is InChI=1S/C25H36N3O9PS.Ca/c1-18(2)15-28(39(33,34)22-10-8-20(26)9-11-22)16-24(37-38(30,31)32)23(14-19-6-4-3-5-7-19)27-25(29)36-21-12-13-35-17-21;/h3-11,18,21,23-24H,12-17,26H2,1-2H3,(H,27,29)(H2,30,31,32);/t21-,23-,24+;/m0./s1. The number of carbonyl (C=O) groups excluding carboxylic acids is 1. The quantitative estimate of drug-likeness (QED) is 0.146. The molecule has 0 aromatic heterocycles. The Bertz CT molecular complexity index is 1220. The predicted molar refractivity (Wildman–Crippen MR) is 150 cm³/mol. The molecule has 1 saturated heterocycles. The van der Waals surface area contributed by atoms with Crippen molar-refractivity contribution in [3.05, 3.63) is 60.2 Å². The molecule has 218 valence electrons. The molecule has 3 atom stereocenters. The molecule has 40 heavy (non-hydrogen) atoms. The van der Waals surface area contributed by atoms with Gasteiger partial charge in [-0.15, -0.1) is 0 Å². The number of nitrogens with two attached hydrogens (primary N) is 1. The van der Waals surface area contributed by atoms with E-state index in [4.69, 9.17) is 19.7 Å². The van der Waals surface area contributed by atoms with Gasteiger partial charge in [-0.3, -0.25) is 4.52 Å². The average Bonchev–Trinajstić information content (AvgIpc) is 3.35. The van der Waals surface area contributed by atoms with Crippen LogP contribution in [0.25, 0.3) is 0 Å². The van der Waals surface area contributed by atoms with Gasteiger partial charge < -0.3 is 30.3 Å². The summed E-state index contributed by atoms with van der Waals surface area (Å²) in [7, 11) is -9.26. The van der Waals surface area contributed by atoms with Gasteiger partial charge in [0.1, 0.15) is 12.2 Å². The van der Waals surface area contributed by atoms with Gasteiger partial charge in [-0.2, -0.15) is 4.31 Å². The number of anilines is 1. The van der Waals surface area contributed by atoms with Crippen molar-refractivity contribution in [3.8, 4) is 0 Å². The SMILES string of the molecule is CC(C)CN(C[C@@H](OP(=O)(O)O)[C@H](Cc1ccccc1)NC(=O)O[C@H]1CCOC1)S(=O)(=O)c1ccc(N)cc1.[Ca]. The van der Waals surface area contributed by atoms with E-state index in [0.29, 0.717) is 18.7 Å². The Morgan fingerprint density at radius 2 is 1.80 bits per heavy atom. The van der Waals surface area contributed by atoms with Crippen molar-refractivity contribution in [1.29, 1.82) is 0 Å². The summed E-state index contributed by atoms with van der Waals surface area (Å²) in [5, 5.41) is 2.65. The molecule has 1 heterocycles. The molecule has 2 aromatic carbocycles. The van der Waals surface area contributed by atoms with Crippen molar-refractivity contribution < 1.29 is 41.6 Å². The summed E-state index contributed by atoms with van der Waals surface area (Å²) in [6.45, 7) is 3.87. The first-order chi connectivity index (χ1) is 18.3. The molecule has 5 N–H and O–H groups in total. The van der Waals surface area contributed by atoms with Crippen LogP contribution in [0.15, 0.2) is 59.5 Å². The number of amides is 1. The zero-order valence-corrected chi connectivity index (χ0v) is 26.5. The monoisotopic (exact) mass is 625 g/mol. The Morgan fingerprint density at radius 1 is 1.15 bits per heavy atom. The van der Waals surface area contributed by atoms with Crippen molar-refractivity contribution in [3.63, 3.8) is 0 Å². The van der Waals surface area contributed by atoms with Crippen LogP contribution in [0.1, 0.15) is 25.8 Å². The second-order valence-electron chi connectivity index (χ2n) is 9.75. The molecule has 0 saturated carbocycles. The number of carbonyl (C=O) groups is 1. The van der Waals surface area contributed by atoms with Gasteiger partial charge in [0, 0.05) is 62.9 Å². The summed E-state index contributed by atoms with van der Waals surface area (Å²) in [5.74, 6) is -0.142. The van der Waals surface area contributed by atoms with Crippen molar-refractivity contribution in [2.75, 3.05) is 32.0 Å². The van der Waals surface area contributed by atoms with Crippen LogP contribution in [0, 0.1) is 5.92 Å². The maximum absolute atomic E-state index is 13.6. The molecule has 2 aromatic rings. The Hall–Kier alpha value is -1.25. The van der Waals surface area contributed by atoms with Crippen LogP contribution in [0.4, 0.5) is 10.5 Å². The molecule has 0 bridgehead atoms. The summed E-state index contributed by atoms with van der Waals surface area (Å²) >= 11 is 0. The van der Waals surface area contributed by atoms with Gasteiger partial charge in [-0.1, -0.05) is 44.2 Å². The number of nitrogens with one attached hydrogen (secondary N) is 1. The minimum atomic E-state index is -5.12. The molecule has 1 fully saturated rings. The van der Waals surface area contributed by atoms with Gasteiger partial charge >= 0.3 is 13.9 Å². The van der Waals surface area contributed by atoms with E-state index in [9.17, 15) is 27.6 Å². The smallest absolute Gasteiger partial charge is 0.444 e. The predicted octanol–water partition coefficient (Wildman–Crippen LogP) is 2.14. The first-order valence-corrected chi connectivity index (χ1v) is 15.5. The fourth-order valence-corrected chi connectivity index (χ4v) is 6.35. The van der Waals surface area contributed by atoms with Crippen molar-refractivity contribution in [1.82, 2.24) is 9.62 Å². The maximum Gasteiger partial charge on any atom is 0.469 e. The van der Waals surface area contributed by atoms with Crippen LogP contribution < -0.4 is 11.1 Å². The molecule has 1 aliphatic rings. The number of hydrogen-bond donors (Lipinski definition) is 4. The van der Waals surface area contributed by atoms with Gasteiger partial charge in [-0.25, -0.2) is 17.8 Å². The maximum atomic E-state index is 13.6. The van der Waals surface area contributed by atoms with Crippen molar-refractivity contribution in [2.24, 2.45) is 5.92 Å². The fourth-order valence-electron chi connectivity index (χ4n) is 4.16. The molecule has 12 nitrogen and oxygen atoms in total. The van der Waals surface area contributed by atoms with Gasteiger partial charge in [0.05, 0.1) is 24.2 Å². The van der Waals surface area contributed by atoms with E-state index in [1.165, 1.54) is 24.3 Å². The number of hydrogen-bond acceptors (Lipinski definition) is 8. The second kappa shape index (κ2) is 15.8. The van der Waals surface area contributed by atoms with E-state index in [-0.39, 0.29) is 68.1 Å². The third kappa shape index (κ3) is 11.2. The zero-order valence-electron chi connectivity index (χ0n) is 22.6. The van der Waals surface area contributed by atoms with E-state index in [0.717, 1.165) is 9.87 Å². The summed E-state index contributed by atoms with van der Waals surface area (Å²) in [6.07, 6.45) is -2.14. The number of phosphoric ester groups is 1. The van der Waals surface area contributed by atoms with Crippen LogP contribution in [-0.2, 0) is 35.0 Å². The minimum absolute atomic E-state index is 0. The number of alkyl carbamates (subject to hydrolysis) is 1. The van der Waals surface area contributed by atoms with Crippen LogP contribution in [0.5, 0.6) is 0 Å². The molecule has 1 aliphatic heterocycles. The molecule has 1 amide bonds. The third-order valence-corrected chi connectivity index (χ3v) is 8.35. The van der Waals surface area contributed by atoms with Gasteiger partial charge in [-0.05, 0) is 42.2 Å². The van der Waals surface area contributed by atoms with E-state index in [2.05, 4.69) is 5.32 Å². The van der Waals surface area contributed by atoms with E-state index in [1.807, 2.05) is 13.8 Å². The normalized spacial score (nSPS) is 17.3.